The summed E-state index contributed by atoms with van der Waals surface area (Å²) in [4.78, 5) is 14.0. The fourth-order valence-corrected chi connectivity index (χ4v) is 2.00. The molecule has 1 amide bonds. The van der Waals surface area contributed by atoms with Crippen LogP contribution in [0.5, 0.6) is 0 Å². The first-order chi connectivity index (χ1) is 7.74. The number of amides is 1. The number of nitrogens with one attached hydrogen (secondary N) is 1. The molecule has 1 heterocycles. The minimum atomic E-state index is -0.0800. The number of likely N-dealkylation sites (N-methyl/N-ethyl adjacent to an activating group) is 1. The van der Waals surface area contributed by atoms with Crippen LogP contribution in [0.1, 0.15) is 13.3 Å². The van der Waals surface area contributed by atoms with Crippen LogP contribution in [0.2, 0.25) is 0 Å². The minimum Gasteiger partial charge on any atom is -0.396 e. The lowest BCUT2D eigenvalue weighted by atomic mass is 10.0. The van der Waals surface area contributed by atoms with Crippen LogP contribution in [0.3, 0.4) is 0 Å². The van der Waals surface area contributed by atoms with Crippen molar-refractivity contribution < 1.29 is 14.6 Å². The number of aliphatic hydroxyl groups excluding tert-OH is 1. The van der Waals surface area contributed by atoms with Crippen LogP contribution >= 0.6 is 0 Å². The molecule has 5 nitrogen and oxygen atoms in total. The molecule has 1 rings (SSSR count). The molecule has 0 bridgehead atoms. The zero-order valence-corrected chi connectivity index (χ0v) is 10.1. The highest BCUT2D eigenvalue weighted by Gasteiger charge is 2.35. The third-order valence-electron chi connectivity index (χ3n) is 3.05. The van der Waals surface area contributed by atoms with Gasteiger partial charge in [0.2, 0.25) is 5.91 Å². The second-order valence-electron chi connectivity index (χ2n) is 4.03. The van der Waals surface area contributed by atoms with Crippen molar-refractivity contribution in [2.45, 2.75) is 19.4 Å². The van der Waals surface area contributed by atoms with E-state index in [1.54, 1.807) is 4.90 Å². The number of nitrogens with zero attached hydrogens (tertiary/aromatic N) is 1. The maximum Gasteiger partial charge on any atom is 0.229 e. The van der Waals surface area contributed by atoms with Crippen molar-refractivity contribution in [3.63, 3.8) is 0 Å². The summed E-state index contributed by atoms with van der Waals surface area (Å²) in [6.45, 7) is 4.49. The van der Waals surface area contributed by atoms with E-state index in [1.165, 1.54) is 0 Å². The van der Waals surface area contributed by atoms with Gasteiger partial charge in [0.15, 0.2) is 0 Å². The molecule has 1 saturated heterocycles. The Kier molecular flexibility index (Phi) is 5.73. The Morgan fingerprint density at radius 3 is 2.88 bits per heavy atom. The van der Waals surface area contributed by atoms with E-state index in [0.29, 0.717) is 32.7 Å². The van der Waals surface area contributed by atoms with E-state index in [4.69, 9.17) is 9.84 Å². The number of carbonyl (C=O) groups excluding carboxylic acids is 1. The molecule has 94 valence electrons. The smallest absolute Gasteiger partial charge is 0.229 e. The van der Waals surface area contributed by atoms with E-state index in [1.807, 2.05) is 14.0 Å². The predicted octanol–water partition coefficient (Wildman–Crippen LogP) is -0.548. The van der Waals surface area contributed by atoms with Gasteiger partial charge in [-0.2, -0.15) is 0 Å². The lowest BCUT2D eigenvalue weighted by Gasteiger charge is -2.26. The summed E-state index contributed by atoms with van der Waals surface area (Å²) in [6.07, 6.45) is 0.636. The van der Waals surface area contributed by atoms with E-state index in [2.05, 4.69) is 5.32 Å². The summed E-state index contributed by atoms with van der Waals surface area (Å²) in [5.74, 6) is 0.0523. The number of hydrogen-bond donors (Lipinski definition) is 2. The second-order valence-corrected chi connectivity index (χ2v) is 4.03. The number of ether oxygens (including phenoxy) is 1. The Labute approximate surface area is 96.8 Å². The van der Waals surface area contributed by atoms with Crippen molar-refractivity contribution >= 4 is 5.91 Å². The molecule has 0 saturated carbocycles. The predicted molar refractivity (Wildman–Crippen MR) is 61.1 cm³/mol. The van der Waals surface area contributed by atoms with Gasteiger partial charge < -0.3 is 20.1 Å². The van der Waals surface area contributed by atoms with Crippen molar-refractivity contribution in [2.24, 2.45) is 5.92 Å². The van der Waals surface area contributed by atoms with Gasteiger partial charge in [-0.15, -0.1) is 0 Å². The molecule has 0 aromatic carbocycles. The fourth-order valence-electron chi connectivity index (χ4n) is 2.00. The molecule has 0 aliphatic carbocycles. The van der Waals surface area contributed by atoms with Gasteiger partial charge in [-0.3, -0.25) is 4.79 Å². The van der Waals surface area contributed by atoms with Gasteiger partial charge in [0.25, 0.3) is 0 Å². The average molecular weight is 230 g/mol. The highest BCUT2D eigenvalue weighted by Crippen LogP contribution is 2.16. The second kappa shape index (κ2) is 6.83. The molecule has 1 aliphatic rings. The van der Waals surface area contributed by atoms with Crippen LogP contribution in [-0.2, 0) is 9.53 Å². The number of rotatable bonds is 6. The van der Waals surface area contributed by atoms with Crippen LogP contribution in [-0.4, -0.2) is 61.9 Å². The SMILES string of the molecule is CCN(CCCO)C(=O)C1COCC1NC. The van der Waals surface area contributed by atoms with Crippen LogP contribution in [0, 0.1) is 5.92 Å². The zero-order chi connectivity index (χ0) is 12.0. The molecule has 0 aromatic rings. The molecule has 1 aliphatic heterocycles. The van der Waals surface area contributed by atoms with Crippen LogP contribution in [0.15, 0.2) is 0 Å². The van der Waals surface area contributed by atoms with E-state index in [0.717, 1.165) is 0 Å². The highest BCUT2D eigenvalue weighted by atomic mass is 16.5. The van der Waals surface area contributed by atoms with Gasteiger partial charge in [-0.25, -0.2) is 0 Å². The number of hydrogen-bond acceptors (Lipinski definition) is 4. The average Bonchev–Trinajstić information content (AvgIpc) is 2.77. The van der Waals surface area contributed by atoms with E-state index in [-0.39, 0.29) is 24.5 Å². The van der Waals surface area contributed by atoms with E-state index < -0.39 is 0 Å². The summed E-state index contributed by atoms with van der Waals surface area (Å²) in [7, 11) is 1.85. The minimum absolute atomic E-state index is 0.0800. The first kappa shape index (κ1) is 13.4. The maximum absolute atomic E-state index is 12.2. The Bertz CT molecular complexity index is 223. The third-order valence-corrected chi connectivity index (χ3v) is 3.05. The Morgan fingerprint density at radius 1 is 1.56 bits per heavy atom. The molecule has 2 atom stereocenters. The van der Waals surface area contributed by atoms with Crippen molar-refractivity contribution in [1.82, 2.24) is 10.2 Å². The normalized spacial score (nSPS) is 24.7. The molecule has 16 heavy (non-hydrogen) atoms. The van der Waals surface area contributed by atoms with Gasteiger partial charge in [-0.05, 0) is 20.4 Å². The van der Waals surface area contributed by atoms with E-state index in [9.17, 15) is 4.79 Å². The first-order valence-corrected chi connectivity index (χ1v) is 5.89. The van der Waals surface area contributed by atoms with Crippen molar-refractivity contribution in [1.29, 1.82) is 0 Å². The Hall–Kier alpha value is -0.650. The summed E-state index contributed by atoms with van der Waals surface area (Å²) in [6, 6.07) is 0.121. The molecule has 0 radical (unpaired) electrons. The molecule has 5 heteroatoms. The van der Waals surface area contributed by atoms with Gasteiger partial charge in [-0.1, -0.05) is 0 Å². The Morgan fingerprint density at radius 2 is 2.31 bits per heavy atom. The summed E-state index contributed by atoms with van der Waals surface area (Å²) < 4.78 is 5.32. The maximum atomic E-state index is 12.2. The molecule has 0 aromatic heterocycles. The fraction of sp³-hybridized carbons (Fsp3) is 0.909. The zero-order valence-electron chi connectivity index (χ0n) is 10.1. The monoisotopic (exact) mass is 230 g/mol. The van der Waals surface area contributed by atoms with Gasteiger partial charge in [0.05, 0.1) is 19.1 Å². The molecule has 0 spiro atoms. The van der Waals surface area contributed by atoms with Crippen LogP contribution in [0.25, 0.3) is 0 Å². The van der Waals surface area contributed by atoms with Crippen LogP contribution < -0.4 is 5.32 Å². The summed E-state index contributed by atoms with van der Waals surface area (Å²) in [5.41, 5.74) is 0. The topological polar surface area (TPSA) is 61.8 Å². The summed E-state index contributed by atoms with van der Waals surface area (Å²) >= 11 is 0. The van der Waals surface area contributed by atoms with Crippen molar-refractivity contribution in [2.75, 3.05) is 40.0 Å². The lowest BCUT2D eigenvalue weighted by Crippen LogP contribution is -2.45. The molecule has 2 unspecified atom stereocenters. The lowest BCUT2D eigenvalue weighted by molar-refractivity contribution is -0.135. The first-order valence-electron chi connectivity index (χ1n) is 5.89. The third kappa shape index (κ3) is 3.17. The largest absolute Gasteiger partial charge is 0.396 e. The number of carbonyl (C=O) groups is 1. The van der Waals surface area contributed by atoms with Crippen LogP contribution in [0.4, 0.5) is 0 Å². The summed E-state index contributed by atoms with van der Waals surface area (Å²) in [5, 5.41) is 11.9. The highest BCUT2D eigenvalue weighted by molar-refractivity contribution is 5.80. The standard InChI is InChI=1S/C11H22N2O3/c1-3-13(5-4-6-14)11(15)9-7-16-8-10(9)12-2/h9-10,12,14H,3-8H2,1-2H3. The molecule has 1 fully saturated rings. The van der Waals surface area contributed by atoms with Crippen molar-refractivity contribution in [3.05, 3.63) is 0 Å². The number of aliphatic hydroxyl groups is 1. The molecule has 2 N–H and O–H groups in total. The molecular weight excluding hydrogens is 208 g/mol. The van der Waals surface area contributed by atoms with Gasteiger partial charge in [0.1, 0.15) is 0 Å². The van der Waals surface area contributed by atoms with E-state index >= 15 is 0 Å². The van der Waals surface area contributed by atoms with Crippen molar-refractivity contribution in [3.8, 4) is 0 Å². The van der Waals surface area contributed by atoms with Gasteiger partial charge >= 0.3 is 0 Å². The quantitative estimate of drug-likeness (QED) is 0.643. The Balaban J connectivity index is 2.52. The van der Waals surface area contributed by atoms with Gasteiger partial charge in [0, 0.05) is 25.7 Å². The molecular formula is C11H22N2O3.